The first-order chi connectivity index (χ1) is 6.74. The number of aliphatic hydroxyl groups excluding tert-OH is 1. The maximum atomic E-state index is 12.8. The second kappa shape index (κ2) is 5.76. The van der Waals surface area contributed by atoms with Crippen LogP contribution in [0.5, 0.6) is 0 Å². The van der Waals surface area contributed by atoms with Gasteiger partial charge in [-0.2, -0.15) is 0 Å². The van der Waals surface area contributed by atoms with Crippen molar-refractivity contribution in [1.82, 2.24) is 0 Å². The second-order valence-electron chi connectivity index (χ2n) is 3.58. The fraction of sp³-hybridized carbons (Fsp3) is 0.500. The van der Waals surface area contributed by atoms with Gasteiger partial charge in [-0.15, -0.1) is 0 Å². The summed E-state index contributed by atoms with van der Waals surface area (Å²) in [5.41, 5.74) is 2.22. The van der Waals surface area contributed by atoms with E-state index in [-0.39, 0.29) is 6.61 Å². The molecule has 1 unspecified atom stereocenters. The molecule has 0 fully saturated rings. The highest BCUT2D eigenvalue weighted by Crippen LogP contribution is 2.14. The Bertz CT molecular complexity index is 271. The molecule has 0 aliphatic carbocycles. The molecular weight excluding hydrogens is 179 g/mol. The summed E-state index contributed by atoms with van der Waals surface area (Å²) >= 11 is 0. The predicted molar refractivity (Wildman–Crippen MR) is 56.1 cm³/mol. The third-order valence-electron chi connectivity index (χ3n) is 2.22. The van der Waals surface area contributed by atoms with Crippen LogP contribution in [0.4, 0.5) is 4.39 Å². The van der Waals surface area contributed by atoms with E-state index in [0.29, 0.717) is 6.42 Å². The highest BCUT2D eigenvalue weighted by Gasteiger charge is 2.05. The van der Waals surface area contributed by atoms with E-state index in [9.17, 15) is 4.39 Å². The lowest BCUT2D eigenvalue weighted by atomic mass is 9.99. The van der Waals surface area contributed by atoms with Crippen LogP contribution in [-0.2, 0) is 12.8 Å². The zero-order valence-electron chi connectivity index (χ0n) is 8.54. The second-order valence-corrected chi connectivity index (χ2v) is 3.58. The molecule has 0 radical (unpaired) electrons. The number of benzene rings is 1. The molecular formula is C12H17FO. The van der Waals surface area contributed by atoms with E-state index in [0.717, 1.165) is 24.0 Å². The Morgan fingerprint density at radius 1 is 1.29 bits per heavy atom. The Balaban J connectivity index is 2.69. The number of aryl methyl sites for hydroxylation is 1. The Labute approximate surface area is 84.6 Å². The molecule has 1 aromatic rings. The van der Waals surface area contributed by atoms with Gasteiger partial charge in [0.2, 0.25) is 0 Å². The maximum Gasteiger partial charge on any atom is 0.101 e. The molecule has 1 atom stereocenters. The van der Waals surface area contributed by atoms with Crippen molar-refractivity contribution in [3.05, 3.63) is 35.4 Å². The summed E-state index contributed by atoms with van der Waals surface area (Å²) in [6.45, 7) is 1.77. The summed E-state index contributed by atoms with van der Waals surface area (Å²) in [5.74, 6) is 0. The molecule has 0 aliphatic heterocycles. The van der Waals surface area contributed by atoms with Crippen LogP contribution in [0, 0.1) is 0 Å². The lowest BCUT2D eigenvalue weighted by Crippen LogP contribution is -2.03. The standard InChI is InChI=1S/C12H17FO/c1-10(13)9-12-6-3-2-5-11(12)7-4-8-14/h2-3,5-6,10,14H,4,7-9H2,1H3. The molecule has 0 saturated heterocycles. The van der Waals surface area contributed by atoms with Gasteiger partial charge >= 0.3 is 0 Å². The van der Waals surface area contributed by atoms with Crippen molar-refractivity contribution < 1.29 is 9.50 Å². The Hall–Kier alpha value is -0.890. The van der Waals surface area contributed by atoms with E-state index in [1.807, 2.05) is 24.3 Å². The van der Waals surface area contributed by atoms with Gasteiger partial charge in [-0.1, -0.05) is 24.3 Å². The zero-order chi connectivity index (χ0) is 10.4. The van der Waals surface area contributed by atoms with E-state index in [1.165, 1.54) is 0 Å². The van der Waals surface area contributed by atoms with Gasteiger partial charge in [0.25, 0.3) is 0 Å². The topological polar surface area (TPSA) is 20.2 Å². The molecule has 0 heterocycles. The monoisotopic (exact) mass is 196 g/mol. The third kappa shape index (κ3) is 3.46. The van der Waals surface area contributed by atoms with Gasteiger partial charge in [0, 0.05) is 13.0 Å². The molecule has 78 valence electrons. The summed E-state index contributed by atoms with van der Waals surface area (Å²) in [6, 6.07) is 7.86. The van der Waals surface area contributed by atoms with E-state index in [2.05, 4.69) is 0 Å². The molecule has 1 rings (SSSR count). The first kappa shape index (κ1) is 11.2. The quantitative estimate of drug-likeness (QED) is 0.767. The zero-order valence-corrected chi connectivity index (χ0v) is 8.54. The molecule has 0 spiro atoms. The minimum Gasteiger partial charge on any atom is -0.396 e. The van der Waals surface area contributed by atoms with Crippen LogP contribution < -0.4 is 0 Å². The van der Waals surface area contributed by atoms with E-state index < -0.39 is 6.17 Å². The van der Waals surface area contributed by atoms with Gasteiger partial charge in [0.1, 0.15) is 6.17 Å². The van der Waals surface area contributed by atoms with Crippen molar-refractivity contribution in [2.75, 3.05) is 6.61 Å². The summed E-state index contributed by atoms with van der Waals surface area (Å²) in [4.78, 5) is 0. The van der Waals surface area contributed by atoms with Gasteiger partial charge < -0.3 is 5.11 Å². The van der Waals surface area contributed by atoms with E-state index >= 15 is 0 Å². The number of aliphatic hydroxyl groups is 1. The average Bonchev–Trinajstić information content (AvgIpc) is 2.16. The number of halogens is 1. The number of alkyl halides is 1. The molecule has 0 amide bonds. The van der Waals surface area contributed by atoms with E-state index in [4.69, 9.17) is 5.11 Å². The maximum absolute atomic E-state index is 12.8. The van der Waals surface area contributed by atoms with Crippen LogP contribution >= 0.6 is 0 Å². The van der Waals surface area contributed by atoms with Crippen LogP contribution in [0.25, 0.3) is 0 Å². The van der Waals surface area contributed by atoms with Crippen molar-refractivity contribution in [3.8, 4) is 0 Å². The molecule has 2 heteroatoms. The minimum atomic E-state index is -0.801. The Morgan fingerprint density at radius 2 is 1.93 bits per heavy atom. The number of rotatable bonds is 5. The number of hydrogen-bond donors (Lipinski definition) is 1. The van der Waals surface area contributed by atoms with Crippen molar-refractivity contribution in [3.63, 3.8) is 0 Å². The normalized spacial score (nSPS) is 12.8. The molecule has 0 aromatic heterocycles. The van der Waals surface area contributed by atoms with Crippen LogP contribution in [0.15, 0.2) is 24.3 Å². The molecule has 0 bridgehead atoms. The summed E-state index contributed by atoms with van der Waals surface area (Å²) in [5, 5.41) is 8.73. The first-order valence-corrected chi connectivity index (χ1v) is 5.05. The van der Waals surface area contributed by atoms with Gasteiger partial charge in [-0.3, -0.25) is 0 Å². The van der Waals surface area contributed by atoms with Crippen molar-refractivity contribution in [1.29, 1.82) is 0 Å². The molecule has 1 aromatic carbocycles. The average molecular weight is 196 g/mol. The molecule has 14 heavy (non-hydrogen) atoms. The Morgan fingerprint density at radius 3 is 2.50 bits per heavy atom. The van der Waals surface area contributed by atoms with Gasteiger partial charge in [0.05, 0.1) is 0 Å². The summed E-state index contributed by atoms with van der Waals surface area (Å²) < 4.78 is 12.8. The molecule has 0 saturated carbocycles. The third-order valence-corrected chi connectivity index (χ3v) is 2.22. The molecule has 0 aliphatic rings. The summed E-state index contributed by atoms with van der Waals surface area (Å²) in [6.07, 6.45) is 1.25. The SMILES string of the molecule is CC(F)Cc1ccccc1CCCO. The van der Waals surface area contributed by atoms with Crippen molar-refractivity contribution >= 4 is 0 Å². The molecule has 1 nitrogen and oxygen atoms in total. The van der Waals surface area contributed by atoms with Crippen LogP contribution in [-0.4, -0.2) is 17.9 Å². The van der Waals surface area contributed by atoms with E-state index in [1.54, 1.807) is 6.92 Å². The minimum absolute atomic E-state index is 0.194. The lowest BCUT2D eigenvalue weighted by molar-refractivity contribution is 0.288. The van der Waals surface area contributed by atoms with Crippen LogP contribution in [0.1, 0.15) is 24.5 Å². The van der Waals surface area contributed by atoms with Crippen molar-refractivity contribution in [2.45, 2.75) is 32.4 Å². The summed E-state index contributed by atoms with van der Waals surface area (Å²) in [7, 11) is 0. The molecule has 1 N–H and O–H groups in total. The van der Waals surface area contributed by atoms with Crippen LogP contribution in [0.2, 0.25) is 0 Å². The highest BCUT2D eigenvalue weighted by molar-refractivity contribution is 5.27. The number of hydrogen-bond acceptors (Lipinski definition) is 1. The van der Waals surface area contributed by atoms with Gasteiger partial charge in [-0.25, -0.2) is 4.39 Å². The van der Waals surface area contributed by atoms with Crippen molar-refractivity contribution in [2.24, 2.45) is 0 Å². The Kier molecular flexibility index (Phi) is 4.60. The first-order valence-electron chi connectivity index (χ1n) is 5.05. The highest BCUT2D eigenvalue weighted by atomic mass is 19.1. The lowest BCUT2D eigenvalue weighted by Gasteiger charge is -2.09. The fourth-order valence-electron chi connectivity index (χ4n) is 1.57. The predicted octanol–water partition coefficient (Wildman–Crippen LogP) is 2.51. The fourth-order valence-corrected chi connectivity index (χ4v) is 1.57. The van der Waals surface area contributed by atoms with Gasteiger partial charge in [0.15, 0.2) is 0 Å². The van der Waals surface area contributed by atoms with Gasteiger partial charge in [-0.05, 0) is 30.9 Å². The largest absolute Gasteiger partial charge is 0.396 e. The smallest absolute Gasteiger partial charge is 0.101 e. The van der Waals surface area contributed by atoms with Crippen LogP contribution in [0.3, 0.4) is 0 Å².